The molecule has 6 rings (SSSR count). The number of nitrogens with zero attached hydrogens (tertiary/aromatic N) is 2. The number of hydrazine groups is 1. The van der Waals surface area contributed by atoms with Crippen molar-refractivity contribution in [1.82, 2.24) is 20.7 Å². The highest BCUT2D eigenvalue weighted by molar-refractivity contribution is 5.85. The SMILES string of the molecule is CN1CC[C@]23c4c5ccc(OC(=O)NC(C)(C)CC(=O)NN6CCCCC6)c4O[C@H]2CC=CC3C1C5.Cl.Cl. The standard InChI is InChI=1S/C28H38N4O4.2ClH/c1-27(2,17-23(33)30-32-13-5-4-6-14-32)29-26(34)35-21-11-10-18-16-20-19-8-7-9-22-28(19,12-15-31(20)3)24(18)25(21)36-22;;/h7-8,10-11,19-20,22H,4-6,9,12-17H2,1-3H3,(H,29,34)(H,30,33);2*1H/t19?,20?,22-,28+;;/m0../s1. The molecule has 8 nitrogen and oxygen atoms in total. The van der Waals surface area contributed by atoms with E-state index in [1.807, 2.05) is 24.9 Å². The van der Waals surface area contributed by atoms with E-state index in [1.165, 1.54) is 17.5 Å². The maximum Gasteiger partial charge on any atom is 0.413 e. The number of halogens is 2. The first-order valence-electron chi connectivity index (χ1n) is 13.5. The van der Waals surface area contributed by atoms with Crippen LogP contribution in [0.1, 0.15) is 63.5 Å². The van der Waals surface area contributed by atoms with Crippen molar-refractivity contribution >= 4 is 36.8 Å². The van der Waals surface area contributed by atoms with Crippen LogP contribution in [0.4, 0.5) is 4.79 Å². The maximum absolute atomic E-state index is 13.0. The van der Waals surface area contributed by atoms with Crippen molar-refractivity contribution in [3.63, 3.8) is 0 Å². The molecule has 2 N–H and O–H groups in total. The lowest BCUT2D eigenvalue weighted by molar-refractivity contribution is -0.127. The van der Waals surface area contributed by atoms with Crippen LogP contribution < -0.4 is 20.2 Å². The van der Waals surface area contributed by atoms with Gasteiger partial charge in [0.25, 0.3) is 0 Å². The monoisotopic (exact) mass is 566 g/mol. The summed E-state index contributed by atoms with van der Waals surface area (Å²) in [6.45, 7) is 6.48. The first-order chi connectivity index (χ1) is 17.3. The zero-order chi connectivity index (χ0) is 25.1. The number of piperidine rings is 2. The van der Waals surface area contributed by atoms with Gasteiger partial charge in [-0.05, 0) is 64.8 Å². The van der Waals surface area contributed by atoms with Gasteiger partial charge in [-0.2, -0.15) is 0 Å². The average Bonchev–Trinajstić information content (AvgIpc) is 3.17. The minimum absolute atomic E-state index is 0. The van der Waals surface area contributed by atoms with Crippen LogP contribution in [0.25, 0.3) is 0 Å². The van der Waals surface area contributed by atoms with E-state index >= 15 is 0 Å². The fraction of sp³-hybridized carbons (Fsp3) is 0.643. The van der Waals surface area contributed by atoms with Crippen LogP contribution in [0.2, 0.25) is 0 Å². The van der Waals surface area contributed by atoms with Crippen LogP contribution in [0.15, 0.2) is 24.3 Å². The van der Waals surface area contributed by atoms with E-state index in [2.05, 4.69) is 40.9 Å². The van der Waals surface area contributed by atoms with E-state index in [0.29, 0.717) is 17.7 Å². The molecule has 0 aromatic heterocycles. The summed E-state index contributed by atoms with van der Waals surface area (Å²) in [5.74, 6) is 1.53. The molecule has 2 aliphatic carbocycles. The van der Waals surface area contributed by atoms with Crippen LogP contribution >= 0.6 is 24.8 Å². The number of hydrogen-bond donors (Lipinski definition) is 2. The lowest BCUT2D eigenvalue weighted by atomic mass is 9.54. The molecule has 0 radical (unpaired) electrons. The molecule has 0 saturated carbocycles. The summed E-state index contributed by atoms with van der Waals surface area (Å²) in [5.41, 5.74) is 4.77. The number of likely N-dealkylation sites (tertiary alicyclic amines) is 1. The number of carbonyl (C=O) groups is 2. The van der Waals surface area contributed by atoms with Crippen molar-refractivity contribution in [2.75, 3.05) is 26.7 Å². The zero-order valence-corrected chi connectivity index (χ0v) is 24.1. The summed E-state index contributed by atoms with van der Waals surface area (Å²) in [7, 11) is 2.23. The molecule has 2 bridgehead atoms. The number of amides is 2. The fourth-order valence-corrected chi connectivity index (χ4v) is 7.35. The Morgan fingerprint density at radius 3 is 2.68 bits per heavy atom. The molecule has 2 amide bonds. The molecule has 38 heavy (non-hydrogen) atoms. The van der Waals surface area contributed by atoms with Gasteiger partial charge in [0.2, 0.25) is 5.91 Å². The Labute approximate surface area is 237 Å². The second-order valence-corrected chi connectivity index (χ2v) is 11.9. The van der Waals surface area contributed by atoms with Gasteiger partial charge in [-0.1, -0.05) is 24.6 Å². The second kappa shape index (κ2) is 10.9. The van der Waals surface area contributed by atoms with Gasteiger partial charge in [0, 0.05) is 48.0 Å². The summed E-state index contributed by atoms with van der Waals surface area (Å²) in [6.07, 6.45) is 10.7. The summed E-state index contributed by atoms with van der Waals surface area (Å²) in [4.78, 5) is 28.1. The van der Waals surface area contributed by atoms with Gasteiger partial charge in [-0.15, -0.1) is 24.8 Å². The Balaban J connectivity index is 0.00000168. The Morgan fingerprint density at radius 1 is 1.16 bits per heavy atom. The highest BCUT2D eigenvalue weighted by Gasteiger charge is 2.62. The van der Waals surface area contributed by atoms with Crippen LogP contribution in [0.5, 0.6) is 11.5 Å². The van der Waals surface area contributed by atoms with Crippen molar-refractivity contribution in [1.29, 1.82) is 0 Å². The van der Waals surface area contributed by atoms with Crippen LogP contribution in [-0.2, 0) is 16.6 Å². The number of nitrogens with one attached hydrogen (secondary N) is 2. The number of rotatable bonds is 5. The molecule has 210 valence electrons. The molecule has 10 heteroatoms. The van der Waals surface area contributed by atoms with Gasteiger partial charge < -0.3 is 19.7 Å². The molecule has 2 fully saturated rings. The molecule has 1 aromatic rings. The Morgan fingerprint density at radius 2 is 1.92 bits per heavy atom. The number of benzene rings is 1. The van der Waals surface area contributed by atoms with Crippen molar-refractivity contribution in [2.24, 2.45) is 5.92 Å². The molecular weight excluding hydrogens is 527 g/mol. The summed E-state index contributed by atoms with van der Waals surface area (Å²) in [6, 6.07) is 4.47. The van der Waals surface area contributed by atoms with Crippen molar-refractivity contribution < 1.29 is 19.1 Å². The third kappa shape index (κ3) is 4.89. The maximum atomic E-state index is 13.0. The second-order valence-electron chi connectivity index (χ2n) is 11.9. The molecule has 2 saturated heterocycles. The predicted molar refractivity (Wildman–Crippen MR) is 150 cm³/mol. The van der Waals surface area contributed by atoms with E-state index in [9.17, 15) is 9.59 Å². The third-order valence-corrected chi connectivity index (χ3v) is 8.97. The zero-order valence-electron chi connectivity index (χ0n) is 22.5. The number of ether oxygens (including phenoxy) is 2. The average molecular weight is 568 g/mol. The van der Waals surface area contributed by atoms with Crippen molar-refractivity contribution in [3.8, 4) is 11.5 Å². The molecule has 2 unspecified atom stereocenters. The first-order valence-corrected chi connectivity index (χ1v) is 13.5. The highest BCUT2D eigenvalue weighted by Crippen LogP contribution is 2.62. The molecule has 4 atom stereocenters. The Kier molecular flexibility index (Phi) is 8.30. The van der Waals surface area contributed by atoms with Gasteiger partial charge in [0.1, 0.15) is 6.10 Å². The smallest absolute Gasteiger partial charge is 0.413 e. The molecule has 1 aromatic carbocycles. The fourth-order valence-electron chi connectivity index (χ4n) is 7.35. The van der Waals surface area contributed by atoms with E-state index < -0.39 is 11.6 Å². The molecular formula is C28H40Cl2N4O4. The number of likely N-dealkylation sites (N-methyl/N-ethyl adjacent to an activating group) is 1. The van der Waals surface area contributed by atoms with Gasteiger partial charge in [-0.3, -0.25) is 10.2 Å². The largest absolute Gasteiger partial charge is 0.485 e. The molecule has 3 aliphatic heterocycles. The minimum atomic E-state index is -0.755. The van der Waals surface area contributed by atoms with Crippen LogP contribution in [0, 0.1) is 5.92 Å². The predicted octanol–water partition coefficient (Wildman–Crippen LogP) is 4.14. The van der Waals surface area contributed by atoms with Crippen molar-refractivity contribution in [2.45, 2.75) is 81.9 Å². The van der Waals surface area contributed by atoms with Crippen LogP contribution in [-0.4, -0.2) is 66.3 Å². The molecule has 3 heterocycles. The highest BCUT2D eigenvalue weighted by atomic mass is 35.5. The lowest BCUT2D eigenvalue weighted by Crippen LogP contribution is -2.62. The third-order valence-electron chi connectivity index (χ3n) is 8.97. The Bertz CT molecular complexity index is 1110. The van der Waals surface area contributed by atoms with Gasteiger partial charge in [0.05, 0.1) is 6.42 Å². The molecule has 1 spiro atoms. The van der Waals surface area contributed by atoms with E-state index in [1.54, 1.807) is 0 Å². The number of hydrogen-bond acceptors (Lipinski definition) is 6. The summed E-state index contributed by atoms with van der Waals surface area (Å²) in [5, 5.41) is 4.87. The lowest BCUT2D eigenvalue weighted by Gasteiger charge is -2.55. The normalized spacial score (nSPS) is 29.2. The molecule has 5 aliphatic rings. The number of carbonyl (C=O) groups excluding carboxylic acids is 2. The van der Waals surface area contributed by atoms with Gasteiger partial charge in [0.15, 0.2) is 11.5 Å². The first kappa shape index (κ1) is 29.0. The van der Waals surface area contributed by atoms with E-state index in [4.69, 9.17) is 9.47 Å². The topological polar surface area (TPSA) is 83.1 Å². The van der Waals surface area contributed by atoms with Gasteiger partial charge in [-0.25, -0.2) is 9.80 Å². The van der Waals surface area contributed by atoms with E-state index in [-0.39, 0.29) is 48.7 Å². The van der Waals surface area contributed by atoms with Crippen LogP contribution in [0.3, 0.4) is 0 Å². The summed E-state index contributed by atoms with van der Waals surface area (Å²) < 4.78 is 12.4. The Hall–Kier alpha value is -2.00. The van der Waals surface area contributed by atoms with Gasteiger partial charge >= 0.3 is 6.09 Å². The quantitative estimate of drug-likeness (QED) is 0.521. The summed E-state index contributed by atoms with van der Waals surface area (Å²) >= 11 is 0. The van der Waals surface area contributed by atoms with E-state index in [0.717, 1.165) is 57.5 Å². The van der Waals surface area contributed by atoms with Crippen molar-refractivity contribution in [3.05, 3.63) is 35.4 Å². The minimum Gasteiger partial charge on any atom is -0.485 e.